The normalized spacial score (nSPS) is 15.9. The van der Waals surface area contributed by atoms with E-state index in [-0.39, 0.29) is 11.5 Å². The van der Waals surface area contributed by atoms with Crippen molar-refractivity contribution < 1.29 is 14.7 Å². The Morgan fingerprint density at radius 2 is 1.92 bits per heavy atom. The van der Waals surface area contributed by atoms with Crippen molar-refractivity contribution in [3.63, 3.8) is 0 Å². The smallest absolute Gasteiger partial charge is 0.270 e. The highest BCUT2D eigenvalue weighted by molar-refractivity contribution is 8.27. The molecule has 126 valence electrons. The van der Waals surface area contributed by atoms with Gasteiger partial charge in [0.1, 0.15) is 0 Å². The van der Waals surface area contributed by atoms with Gasteiger partial charge in [-0.15, -0.1) is 0 Å². The lowest BCUT2D eigenvalue weighted by molar-refractivity contribution is -0.255. The van der Waals surface area contributed by atoms with Gasteiger partial charge in [-0.3, -0.25) is 9.69 Å². The van der Waals surface area contributed by atoms with E-state index in [2.05, 4.69) is 0 Å². The second kappa shape index (κ2) is 7.17. The van der Waals surface area contributed by atoms with Crippen LogP contribution in [0.5, 0.6) is 0 Å². The molecule has 0 radical (unpaired) electrons. The lowest BCUT2D eigenvalue weighted by Crippen LogP contribution is -2.27. The average molecular weight is 409 g/mol. The number of amides is 1. The Labute approximate surface area is 163 Å². The predicted octanol–water partition coefficient (Wildman–Crippen LogP) is 3.76. The molecule has 1 fully saturated rings. The number of hydrogen-bond donors (Lipinski definition) is 0. The van der Waals surface area contributed by atoms with Gasteiger partial charge in [0, 0.05) is 10.6 Å². The first-order valence-electron chi connectivity index (χ1n) is 6.92. The van der Waals surface area contributed by atoms with Crippen LogP contribution in [-0.4, -0.2) is 16.2 Å². The highest BCUT2D eigenvalue weighted by Crippen LogP contribution is 2.39. The number of thiocarbonyl (C=S) groups is 1. The molecule has 3 rings (SSSR count). The van der Waals surface area contributed by atoms with Crippen molar-refractivity contribution in [2.45, 2.75) is 0 Å². The van der Waals surface area contributed by atoms with Crippen molar-refractivity contribution in [1.82, 2.24) is 0 Å². The third-order valence-electron chi connectivity index (χ3n) is 3.41. The zero-order valence-corrected chi connectivity index (χ0v) is 15.5. The highest BCUT2D eigenvalue weighted by Gasteiger charge is 2.34. The summed E-state index contributed by atoms with van der Waals surface area (Å²) in [4.78, 5) is 25.5. The van der Waals surface area contributed by atoms with Gasteiger partial charge in [0.25, 0.3) is 5.91 Å². The maximum atomic E-state index is 12.7. The fraction of sp³-hybridized carbons (Fsp3) is 0. The summed E-state index contributed by atoms with van der Waals surface area (Å²) in [6.45, 7) is 0. The maximum Gasteiger partial charge on any atom is 0.270 e. The van der Waals surface area contributed by atoms with E-state index in [9.17, 15) is 14.7 Å². The second-order valence-electron chi connectivity index (χ2n) is 4.99. The number of carboxylic acids is 1. The number of nitrogens with zero attached hydrogens (tertiary/aromatic N) is 1. The Bertz CT molecular complexity index is 943. The van der Waals surface area contributed by atoms with Gasteiger partial charge in [0.2, 0.25) is 0 Å². The van der Waals surface area contributed by atoms with E-state index in [1.807, 2.05) is 0 Å². The summed E-state index contributed by atoms with van der Waals surface area (Å²) in [6, 6.07) is 11.0. The molecule has 0 aliphatic carbocycles. The Morgan fingerprint density at radius 3 is 2.60 bits per heavy atom. The summed E-state index contributed by atoms with van der Waals surface area (Å²) in [6.07, 6.45) is 1.48. The molecule has 1 saturated heterocycles. The summed E-state index contributed by atoms with van der Waals surface area (Å²) in [7, 11) is 0. The molecule has 0 bridgehead atoms. The molecule has 25 heavy (non-hydrogen) atoms. The summed E-state index contributed by atoms with van der Waals surface area (Å²) >= 11 is 18.4. The van der Waals surface area contributed by atoms with Gasteiger partial charge in [-0.05, 0) is 29.8 Å². The van der Waals surface area contributed by atoms with Crippen LogP contribution in [-0.2, 0) is 4.79 Å². The van der Waals surface area contributed by atoms with Gasteiger partial charge in [-0.1, -0.05) is 71.4 Å². The van der Waals surface area contributed by atoms with E-state index >= 15 is 0 Å². The molecule has 0 aromatic heterocycles. The maximum absolute atomic E-state index is 12.7. The number of carbonyl (C=O) groups is 2. The van der Waals surface area contributed by atoms with E-state index in [0.717, 1.165) is 11.8 Å². The largest absolute Gasteiger partial charge is 0.545 e. The van der Waals surface area contributed by atoms with Crippen molar-refractivity contribution in [3.8, 4) is 0 Å². The Morgan fingerprint density at radius 1 is 1.20 bits per heavy atom. The molecule has 1 heterocycles. The third kappa shape index (κ3) is 3.57. The summed E-state index contributed by atoms with van der Waals surface area (Å²) < 4.78 is 0.298. The third-order valence-corrected chi connectivity index (χ3v) is 5.25. The summed E-state index contributed by atoms with van der Waals surface area (Å²) in [5.74, 6) is -1.70. The van der Waals surface area contributed by atoms with Crippen molar-refractivity contribution in [3.05, 3.63) is 68.5 Å². The van der Waals surface area contributed by atoms with Crippen LogP contribution in [0.4, 0.5) is 5.69 Å². The lowest BCUT2D eigenvalue weighted by Gasteiger charge is -2.16. The van der Waals surface area contributed by atoms with Gasteiger partial charge < -0.3 is 9.90 Å². The van der Waals surface area contributed by atoms with Crippen molar-refractivity contribution in [2.24, 2.45) is 0 Å². The van der Waals surface area contributed by atoms with E-state index in [1.54, 1.807) is 30.3 Å². The van der Waals surface area contributed by atoms with Crippen molar-refractivity contribution in [2.75, 3.05) is 4.90 Å². The number of thioether (sulfide) groups is 1. The minimum Gasteiger partial charge on any atom is -0.545 e. The minimum absolute atomic E-state index is 0.00251. The van der Waals surface area contributed by atoms with E-state index in [4.69, 9.17) is 35.4 Å². The van der Waals surface area contributed by atoms with Crippen LogP contribution >= 0.6 is 47.2 Å². The molecule has 1 amide bonds. The zero-order valence-electron chi connectivity index (χ0n) is 12.4. The number of rotatable bonds is 3. The summed E-state index contributed by atoms with van der Waals surface area (Å²) in [5.41, 5.74) is 0.785. The molecule has 1 aliphatic heterocycles. The molecule has 0 saturated carbocycles. The van der Waals surface area contributed by atoms with E-state index in [0.29, 0.717) is 30.5 Å². The molecule has 1 aliphatic rings. The van der Waals surface area contributed by atoms with Crippen LogP contribution in [0.15, 0.2) is 47.4 Å². The first-order valence-corrected chi connectivity index (χ1v) is 8.90. The quantitative estimate of drug-likeness (QED) is 0.571. The molecule has 0 N–H and O–H groups in total. The van der Waals surface area contributed by atoms with Gasteiger partial charge in [-0.2, -0.15) is 0 Å². The predicted molar refractivity (Wildman–Crippen MR) is 103 cm³/mol. The van der Waals surface area contributed by atoms with Gasteiger partial charge in [-0.25, -0.2) is 0 Å². The molecule has 2 aromatic carbocycles. The number of carboxylic acid groups (broad SMARTS) is 1. The first-order chi connectivity index (χ1) is 11.9. The fourth-order valence-electron chi connectivity index (χ4n) is 2.29. The number of halogens is 2. The zero-order chi connectivity index (χ0) is 18.1. The number of carbonyl (C=O) groups excluding carboxylic acids is 2. The average Bonchev–Trinajstić information content (AvgIpc) is 2.82. The molecule has 8 heteroatoms. The van der Waals surface area contributed by atoms with Gasteiger partial charge >= 0.3 is 0 Å². The van der Waals surface area contributed by atoms with Crippen LogP contribution in [0.25, 0.3) is 6.08 Å². The minimum atomic E-state index is -1.32. The Kier molecular flexibility index (Phi) is 5.15. The van der Waals surface area contributed by atoms with E-state index in [1.165, 1.54) is 23.1 Å². The van der Waals surface area contributed by atoms with Crippen LogP contribution in [0.3, 0.4) is 0 Å². The number of aromatic carboxylic acids is 1. The highest BCUT2D eigenvalue weighted by atomic mass is 35.5. The van der Waals surface area contributed by atoms with Crippen LogP contribution < -0.4 is 10.0 Å². The number of benzene rings is 2. The van der Waals surface area contributed by atoms with Gasteiger partial charge in [0.15, 0.2) is 4.32 Å². The monoisotopic (exact) mass is 408 g/mol. The van der Waals surface area contributed by atoms with Crippen LogP contribution in [0.1, 0.15) is 15.9 Å². The van der Waals surface area contributed by atoms with Crippen LogP contribution in [0.2, 0.25) is 10.0 Å². The molecule has 2 aromatic rings. The molecule has 0 atom stereocenters. The molecular formula is C17H8Cl2NO3S2-. The van der Waals surface area contributed by atoms with Crippen molar-refractivity contribution in [1.29, 1.82) is 0 Å². The molecule has 4 nitrogen and oxygen atoms in total. The number of anilines is 1. The first kappa shape index (κ1) is 17.9. The Balaban J connectivity index is 2.01. The Hall–Kier alpha value is -1.86. The molecule has 0 unspecified atom stereocenters. The van der Waals surface area contributed by atoms with E-state index < -0.39 is 5.97 Å². The second-order valence-corrected chi connectivity index (χ2v) is 7.51. The molecule has 0 spiro atoms. The topological polar surface area (TPSA) is 60.4 Å². The van der Waals surface area contributed by atoms with Crippen molar-refractivity contribution >= 4 is 75.1 Å². The SMILES string of the molecule is O=C([O-])c1ccccc1/C=C1\SC(=S)N(c2ccc(Cl)cc2Cl)C1=O. The fourth-order valence-corrected chi connectivity index (χ4v) is 4.06. The molecular weight excluding hydrogens is 401 g/mol. The standard InChI is InChI=1S/C17H9Cl2NO3S2/c18-10-5-6-13(12(19)8-10)20-15(21)14(25-17(20)24)7-9-3-1-2-4-11(9)16(22)23/h1-8H,(H,22,23)/p-1/b14-7-. The number of hydrogen-bond acceptors (Lipinski definition) is 5. The van der Waals surface area contributed by atoms with Crippen LogP contribution in [0, 0.1) is 0 Å². The van der Waals surface area contributed by atoms with Gasteiger partial charge in [0.05, 0.1) is 21.6 Å². The lowest BCUT2D eigenvalue weighted by atomic mass is 10.1. The summed E-state index contributed by atoms with van der Waals surface area (Å²) in [5, 5.41) is 11.9.